The second-order valence-electron chi connectivity index (χ2n) is 5.51. The number of nitrogens with one attached hydrogen (secondary N) is 2. The number of thiophene rings is 1. The third-order valence-electron chi connectivity index (χ3n) is 3.70. The van der Waals surface area contributed by atoms with Crippen LogP contribution in [0.1, 0.15) is 9.67 Å². The van der Waals surface area contributed by atoms with Gasteiger partial charge in [0.2, 0.25) is 5.91 Å². The Bertz CT molecular complexity index is 978. The molecule has 3 rings (SSSR count). The molecule has 0 aliphatic rings. The Balaban J connectivity index is 1.85. The van der Waals surface area contributed by atoms with Crippen LogP contribution in [0.15, 0.2) is 42.7 Å². The van der Waals surface area contributed by atoms with Gasteiger partial charge in [0.25, 0.3) is 5.91 Å². The van der Waals surface area contributed by atoms with E-state index in [4.69, 9.17) is 16.3 Å². The molecule has 2 N–H and O–H groups in total. The molecule has 0 unspecified atom stereocenters. The van der Waals surface area contributed by atoms with E-state index < -0.39 is 6.04 Å². The Labute approximate surface area is 178 Å². The minimum Gasteiger partial charge on any atom is -0.455 e. The van der Waals surface area contributed by atoms with Crippen LogP contribution in [0.25, 0.3) is 10.1 Å². The number of fused-ring (bicyclic) bond motifs is 1. The molecule has 0 fully saturated rings. The molecule has 2 heterocycles. The maximum Gasteiger partial charge on any atom is 0.262 e. The van der Waals surface area contributed by atoms with E-state index in [2.05, 4.69) is 38.2 Å². The number of aromatic nitrogens is 1. The summed E-state index contributed by atoms with van der Waals surface area (Å²) in [5.41, 5.74) is 0. The van der Waals surface area contributed by atoms with Gasteiger partial charge in [-0.3, -0.25) is 14.6 Å². The standard InChI is InChI=1S/C18H15ClIN3O3S/c1-21-17(24)13(7-20)23-18(25)15-6-12-14(8-22-9-16(12)27-15)26-11-4-2-10(19)3-5-11/h2-6,8-9,13H,7H2,1H3,(H,21,24)(H,23,25)/t13-/m1/s1. The van der Waals surface area contributed by atoms with E-state index in [0.717, 1.165) is 10.1 Å². The van der Waals surface area contributed by atoms with Crippen molar-refractivity contribution < 1.29 is 14.3 Å². The zero-order chi connectivity index (χ0) is 19.4. The van der Waals surface area contributed by atoms with E-state index in [1.165, 1.54) is 11.3 Å². The number of amides is 2. The van der Waals surface area contributed by atoms with Gasteiger partial charge in [0.1, 0.15) is 11.8 Å². The lowest BCUT2D eigenvalue weighted by molar-refractivity contribution is -0.121. The second-order valence-corrected chi connectivity index (χ2v) is 7.91. The van der Waals surface area contributed by atoms with Crippen LogP contribution in [0.3, 0.4) is 0 Å². The van der Waals surface area contributed by atoms with Crippen LogP contribution in [0.2, 0.25) is 5.02 Å². The van der Waals surface area contributed by atoms with E-state index in [1.54, 1.807) is 49.8 Å². The van der Waals surface area contributed by atoms with Gasteiger partial charge in [-0.2, -0.15) is 0 Å². The molecule has 3 aromatic rings. The van der Waals surface area contributed by atoms with Crippen molar-refractivity contribution in [2.75, 3.05) is 11.5 Å². The first-order valence-corrected chi connectivity index (χ1v) is 10.6. The predicted molar refractivity (Wildman–Crippen MR) is 115 cm³/mol. The molecule has 0 saturated heterocycles. The first kappa shape index (κ1) is 19.8. The van der Waals surface area contributed by atoms with Crippen LogP contribution in [0, 0.1) is 0 Å². The van der Waals surface area contributed by atoms with E-state index in [1.807, 2.05) is 0 Å². The molecule has 9 heteroatoms. The molecule has 0 radical (unpaired) electrons. The number of benzene rings is 1. The highest BCUT2D eigenvalue weighted by atomic mass is 127. The number of carbonyl (C=O) groups excluding carboxylic acids is 2. The monoisotopic (exact) mass is 515 g/mol. The van der Waals surface area contributed by atoms with Crippen molar-refractivity contribution in [2.24, 2.45) is 0 Å². The number of hydrogen-bond acceptors (Lipinski definition) is 5. The summed E-state index contributed by atoms with van der Waals surface area (Å²) in [4.78, 5) is 29.0. The lowest BCUT2D eigenvalue weighted by atomic mass is 10.2. The quantitative estimate of drug-likeness (QED) is 0.384. The molecular formula is C18H15ClIN3O3S. The average Bonchev–Trinajstić information content (AvgIpc) is 3.12. The van der Waals surface area contributed by atoms with Crippen LogP contribution < -0.4 is 15.4 Å². The van der Waals surface area contributed by atoms with Crippen molar-refractivity contribution in [1.82, 2.24) is 15.6 Å². The number of halogens is 2. The smallest absolute Gasteiger partial charge is 0.262 e. The minimum atomic E-state index is -0.587. The van der Waals surface area contributed by atoms with Crippen LogP contribution >= 0.6 is 45.5 Å². The third-order valence-corrected chi connectivity index (χ3v) is 5.90. The van der Waals surface area contributed by atoms with Gasteiger partial charge >= 0.3 is 0 Å². The van der Waals surface area contributed by atoms with Crippen molar-refractivity contribution in [2.45, 2.75) is 6.04 Å². The van der Waals surface area contributed by atoms with E-state index >= 15 is 0 Å². The lowest BCUT2D eigenvalue weighted by Crippen LogP contribution is -2.46. The number of carbonyl (C=O) groups is 2. The molecule has 1 atom stereocenters. The van der Waals surface area contributed by atoms with Crippen molar-refractivity contribution >= 4 is 67.4 Å². The Morgan fingerprint density at radius 1 is 1.30 bits per heavy atom. The van der Waals surface area contributed by atoms with Crippen LogP contribution in [-0.2, 0) is 4.79 Å². The van der Waals surface area contributed by atoms with Gasteiger partial charge in [0, 0.05) is 28.1 Å². The number of hydrogen-bond donors (Lipinski definition) is 2. The molecule has 2 aromatic heterocycles. The highest BCUT2D eigenvalue weighted by Gasteiger charge is 2.21. The molecule has 0 aliphatic heterocycles. The van der Waals surface area contributed by atoms with Crippen molar-refractivity contribution in [3.05, 3.63) is 52.6 Å². The fourth-order valence-corrected chi connectivity index (χ4v) is 4.03. The summed E-state index contributed by atoms with van der Waals surface area (Å²) in [5, 5.41) is 6.69. The number of alkyl halides is 1. The molecule has 0 bridgehead atoms. The van der Waals surface area contributed by atoms with Crippen LogP contribution in [0.4, 0.5) is 0 Å². The number of nitrogens with zero attached hydrogens (tertiary/aromatic N) is 1. The second kappa shape index (κ2) is 8.85. The summed E-state index contributed by atoms with van der Waals surface area (Å²) in [5.74, 6) is 0.628. The van der Waals surface area contributed by atoms with E-state index in [-0.39, 0.29) is 11.8 Å². The summed E-state index contributed by atoms with van der Waals surface area (Å²) >= 11 is 9.25. The van der Waals surface area contributed by atoms with Gasteiger partial charge in [0.05, 0.1) is 15.8 Å². The maximum atomic E-state index is 12.6. The Morgan fingerprint density at radius 3 is 2.70 bits per heavy atom. The summed E-state index contributed by atoms with van der Waals surface area (Å²) in [6.45, 7) is 0. The van der Waals surface area contributed by atoms with Gasteiger partial charge in [-0.1, -0.05) is 34.2 Å². The van der Waals surface area contributed by atoms with E-state index in [0.29, 0.717) is 25.8 Å². The Morgan fingerprint density at radius 2 is 2.04 bits per heavy atom. The van der Waals surface area contributed by atoms with Crippen molar-refractivity contribution in [1.29, 1.82) is 0 Å². The molecular weight excluding hydrogens is 501 g/mol. The normalized spacial score (nSPS) is 11.8. The van der Waals surface area contributed by atoms with Crippen LogP contribution in [-0.4, -0.2) is 34.3 Å². The summed E-state index contributed by atoms with van der Waals surface area (Å²) < 4.78 is 7.18. The largest absolute Gasteiger partial charge is 0.455 e. The highest BCUT2D eigenvalue weighted by molar-refractivity contribution is 14.1. The third kappa shape index (κ3) is 4.69. The first-order valence-electron chi connectivity index (χ1n) is 7.91. The van der Waals surface area contributed by atoms with Gasteiger partial charge in [-0.25, -0.2) is 0 Å². The van der Waals surface area contributed by atoms with Gasteiger partial charge < -0.3 is 15.4 Å². The molecule has 27 heavy (non-hydrogen) atoms. The molecule has 1 aromatic carbocycles. The average molecular weight is 516 g/mol. The summed E-state index contributed by atoms with van der Waals surface area (Å²) in [6.07, 6.45) is 3.28. The molecule has 0 aliphatic carbocycles. The summed E-state index contributed by atoms with van der Waals surface area (Å²) in [7, 11) is 1.54. The topological polar surface area (TPSA) is 80.3 Å². The fraction of sp³-hybridized carbons (Fsp3) is 0.167. The highest BCUT2D eigenvalue weighted by Crippen LogP contribution is 2.34. The zero-order valence-electron chi connectivity index (χ0n) is 14.2. The lowest BCUT2D eigenvalue weighted by Gasteiger charge is -2.13. The zero-order valence-corrected chi connectivity index (χ0v) is 17.9. The molecule has 0 saturated carbocycles. The number of likely N-dealkylation sites (N-methyl/N-ethyl adjacent to an activating group) is 1. The fourth-order valence-electron chi connectivity index (χ4n) is 2.34. The SMILES string of the molecule is CNC(=O)[C@@H](CI)NC(=O)c1cc2c(Oc3ccc(Cl)cc3)cncc2s1. The number of rotatable bonds is 6. The maximum absolute atomic E-state index is 12.6. The Kier molecular flexibility index (Phi) is 6.51. The Hall–Kier alpha value is -1.91. The van der Waals surface area contributed by atoms with Crippen LogP contribution in [0.5, 0.6) is 11.5 Å². The summed E-state index contributed by atoms with van der Waals surface area (Å²) in [6, 6.07) is 8.15. The number of ether oxygens (including phenoxy) is 1. The predicted octanol–water partition coefficient (Wildman–Crippen LogP) is 4.02. The van der Waals surface area contributed by atoms with Gasteiger partial charge in [-0.15, -0.1) is 11.3 Å². The molecule has 2 amide bonds. The van der Waals surface area contributed by atoms with Gasteiger partial charge in [-0.05, 0) is 30.3 Å². The number of pyridine rings is 1. The van der Waals surface area contributed by atoms with E-state index in [9.17, 15) is 9.59 Å². The van der Waals surface area contributed by atoms with Gasteiger partial charge in [0.15, 0.2) is 5.75 Å². The minimum absolute atomic E-state index is 0.229. The van der Waals surface area contributed by atoms with Crippen molar-refractivity contribution in [3.8, 4) is 11.5 Å². The first-order chi connectivity index (χ1) is 13.0. The molecule has 140 valence electrons. The van der Waals surface area contributed by atoms with Crippen molar-refractivity contribution in [3.63, 3.8) is 0 Å². The molecule has 0 spiro atoms. The molecule has 6 nitrogen and oxygen atoms in total.